The van der Waals surface area contributed by atoms with Gasteiger partial charge in [0.15, 0.2) is 0 Å². The van der Waals surface area contributed by atoms with Crippen LogP contribution in [0.2, 0.25) is 0 Å². The summed E-state index contributed by atoms with van der Waals surface area (Å²) in [6, 6.07) is 8.25. The van der Waals surface area contributed by atoms with E-state index >= 15 is 0 Å². The van der Waals surface area contributed by atoms with Gasteiger partial charge in [0.2, 0.25) is 0 Å². The number of hydrogen-bond acceptors (Lipinski definition) is 2. The molecule has 0 radical (unpaired) electrons. The topological polar surface area (TPSA) is 15.3 Å². The van der Waals surface area contributed by atoms with Crippen molar-refractivity contribution in [3.05, 3.63) is 35.6 Å². The summed E-state index contributed by atoms with van der Waals surface area (Å²) in [6.45, 7) is 8.70. The van der Waals surface area contributed by atoms with Crippen molar-refractivity contribution in [2.75, 3.05) is 13.1 Å². The first-order valence-electron chi connectivity index (χ1n) is 6.32. The fourth-order valence-electron chi connectivity index (χ4n) is 2.52. The van der Waals surface area contributed by atoms with Gasteiger partial charge in [-0.3, -0.25) is 4.90 Å². The number of piperazine rings is 1. The molecule has 1 unspecified atom stereocenters. The molecule has 0 saturated carbocycles. The Morgan fingerprint density at radius 2 is 1.94 bits per heavy atom. The molecule has 1 fully saturated rings. The first-order chi connectivity index (χ1) is 8.08. The molecular weight excluding hydrogens is 215 g/mol. The van der Waals surface area contributed by atoms with E-state index in [4.69, 9.17) is 0 Å². The van der Waals surface area contributed by atoms with Crippen molar-refractivity contribution in [2.24, 2.45) is 0 Å². The average molecular weight is 236 g/mol. The first kappa shape index (κ1) is 12.5. The third-order valence-electron chi connectivity index (χ3n) is 3.66. The second-order valence-electron chi connectivity index (χ2n) is 5.08. The van der Waals surface area contributed by atoms with Crippen molar-refractivity contribution in [3.8, 4) is 0 Å². The Bertz CT molecular complexity index is 363. The molecule has 0 aromatic heterocycles. The van der Waals surface area contributed by atoms with Gasteiger partial charge in [-0.25, -0.2) is 4.39 Å². The van der Waals surface area contributed by atoms with E-state index in [0.29, 0.717) is 18.1 Å². The Labute approximate surface area is 103 Å². The van der Waals surface area contributed by atoms with Gasteiger partial charge in [0.25, 0.3) is 0 Å². The lowest BCUT2D eigenvalue weighted by Gasteiger charge is -2.41. The Morgan fingerprint density at radius 1 is 1.29 bits per heavy atom. The van der Waals surface area contributed by atoms with E-state index in [1.54, 1.807) is 12.1 Å². The lowest BCUT2D eigenvalue weighted by Crippen LogP contribution is -2.54. The number of nitrogens with zero attached hydrogens (tertiary/aromatic N) is 1. The highest BCUT2D eigenvalue weighted by molar-refractivity contribution is 5.19. The van der Waals surface area contributed by atoms with Crippen LogP contribution in [0.4, 0.5) is 4.39 Å². The molecule has 94 valence electrons. The summed E-state index contributed by atoms with van der Waals surface area (Å²) in [5, 5.41) is 3.48. The molecule has 1 saturated heterocycles. The summed E-state index contributed by atoms with van der Waals surface area (Å²) in [7, 11) is 0. The smallest absolute Gasteiger partial charge is 0.123 e. The third-order valence-corrected chi connectivity index (χ3v) is 3.66. The Hall–Kier alpha value is -0.930. The van der Waals surface area contributed by atoms with Crippen molar-refractivity contribution in [2.45, 2.75) is 38.9 Å². The molecule has 1 heterocycles. The van der Waals surface area contributed by atoms with E-state index in [-0.39, 0.29) is 5.82 Å². The Morgan fingerprint density at radius 3 is 2.59 bits per heavy atom. The van der Waals surface area contributed by atoms with Crippen LogP contribution in [0, 0.1) is 5.82 Å². The molecule has 1 N–H and O–H groups in total. The largest absolute Gasteiger partial charge is 0.311 e. The standard InChI is InChI=1S/C14H21FN2/c1-10-9-17(11(2)8-16-10)12(3)13-4-6-14(15)7-5-13/h4-7,10-12,16H,8-9H2,1-3H3/t10-,11+,12?/m1/s1. The lowest BCUT2D eigenvalue weighted by atomic mass is 10.0. The van der Waals surface area contributed by atoms with Gasteiger partial charge in [0.05, 0.1) is 0 Å². The first-order valence-corrected chi connectivity index (χ1v) is 6.32. The summed E-state index contributed by atoms with van der Waals surface area (Å²) in [4.78, 5) is 2.48. The predicted octanol–water partition coefficient (Wildman–Crippen LogP) is 2.57. The van der Waals surface area contributed by atoms with Gasteiger partial charge >= 0.3 is 0 Å². The average Bonchev–Trinajstić information content (AvgIpc) is 2.32. The number of hydrogen-bond donors (Lipinski definition) is 1. The van der Waals surface area contributed by atoms with E-state index in [1.165, 1.54) is 5.56 Å². The number of nitrogens with one attached hydrogen (secondary N) is 1. The summed E-state index contributed by atoms with van der Waals surface area (Å²) in [5.41, 5.74) is 1.19. The Kier molecular flexibility index (Phi) is 3.79. The zero-order valence-corrected chi connectivity index (χ0v) is 10.8. The predicted molar refractivity (Wildman–Crippen MR) is 68.4 cm³/mol. The zero-order valence-electron chi connectivity index (χ0n) is 10.8. The third kappa shape index (κ3) is 2.85. The van der Waals surface area contributed by atoms with Crippen molar-refractivity contribution in [3.63, 3.8) is 0 Å². The molecule has 0 bridgehead atoms. The Balaban J connectivity index is 2.12. The van der Waals surface area contributed by atoms with E-state index in [2.05, 4.69) is 31.0 Å². The van der Waals surface area contributed by atoms with Gasteiger partial charge in [-0.05, 0) is 38.5 Å². The quantitative estimate of drug-likeness (QED) is 0.849. The van der Waals surface area contributed by atoms with Crippen molar-refractivity contribution in [1.82, 2.24) is 10.2 Å². The lowest BCUT2D eigenvalue weighted by molar-refractivity contribution is 0.103. The van der Waals surface area contributed by atoms with E-state index in [0.717, 1.165) is 13.1 Å². The van der Waals surface area contributed by atoms with Gasteiger partial charge in [-0.1, -0.05) is 12.1 Å². The summed E-state index contributed by atoms with van der Waals surface area (Å²) in [6.07, 6.45) is 0. The second kappa shape index (κ2) is 5.15. The van der Waals surface area contributed by atoms with Crippen LogP contribution in [-0.4, -0.2) is 30.1 Å². The normalized spacial score (nSPS) is 28.0. The van der Waals surface area contributed by atoms with Crippen LogP contribution in [-0.2, 0) is 0 Å². The summed E-state index contributed by atoms with van der Waals surface area (Å²) >= 11 is 0. The van der Waals surface area contributed by atoms with Crippen molar-refractivity contribution < 1.29 is 4.39 Å². The fraction of sp³-hybridized carbons (Fsp3) is 0.571. The van der Waals surface area contributed by atoms with E-state index in [9.17, 15) is 4.39 Å². The minimum Gasteiger partial charge on any atom is -0.311 e. The van der Waals surface area contributed by atoms with Crippen LogP contribution in [0.3, 0.4) is 0 Å². The van der Waals surface area contributed by atoms with Gasteiger partial charge in [-0.15, -0.1) is 0 Å². The highest BCUT2D eigenvalue weighted by Gasteiger charge is 2.26. The SMILES string of the molecule is CC(c1ccc(F)cc1)N1C[C@@H](C)NC[C@@H]1C. The van der Waals surface area contributed by atoms with Crippen LogP contribution >= 0.6 is 0 Å². The van der Waals surface area contributed by atoms with E-state index in [1.807, 2.05) is 12.1 Å². The zero-order chi connectivity index (χ0) is 12.4. The van der Waals surface area contributed by atoms with Gasteiger partial charge in [0.1, 0.15) is 5.82 Å². The minimum absolute atomic E-state index is 0.164. The highest BCUT2D eigenvalue weighted by atomic mass is 19.1. The van der Waals surface area contributed by atoms with Crippen LogP contribution in [0.25, 0.3) is 0 Å². The van der Waals surface area contributed by atoms with Gasteiger partial charge < -0.3 is 5.32 Å². The molecule has 3 atom stereocenters. The molecule has 1 aliphatic rings. The van der Waals surface area contributed by atoms with Gasteiger partial charge in [-0.2, -0.15) is 0 Å². The molecule has 1 aromatic rings. The maximum Gasteiger partial charge on any atom is 0.123 e. The van der Waals surface area contributed by atoms with E-state index < -0.39 is 0 Å². The van der Waals surface area contributed by atoms with Crippen LogP contribution in [0.1, 0.15) is 32.4 Å². The minimum atomic E-state index is -0.164. The maximum absolute atomic E-state index is 12.9. The molecule has 17 heavy (non-hydrogen) atoms. The van der Waals surface area contributed by atoms with Crippen molar-refractivity contribution >= 4 is 0 Å². The molecular formula is C14H21FN2. The molecule has 3 heteroatoms. The fourth-order valence-corrected chi connectivity index (χ4v) is 2.52. The van der Waals surface area contributed by atoms with Gasteiger partial charge in [0, 0.05) is 31.2 Å². The van der Waals surface area contributed by atoms with Crippen LogP contribution in [0.15, 0.2) is 24.3 Å². The molecule has 0 spiro atoms. The highest BCUT2D eigenvalue weighted by Crippen LogP contribution is 2.24. The number of halogens is 1. The van der Waals surface area contributed by atoms with Crippen LogP contribution < -0.4 is 5.32 Å². The van der Waals surface area contributed by atoms with Crippen LogP contribution in [0.5, 0.6) is 0 Å². The molecule has 1 aromatic carbocycles. The number of rotatable bonds is 2. The molecule has 0 amide bonds. The van der Waals surface area contributed by atoms with Crippen molar-refractivity contribution in [1.29, 1.82) is 0 Å². The summed E-state index contributed by atoms with van der Waals surface area (Å²) in [5.74, 6) is -0.164. The summed E-state index contributed by atoms with van der Waals surface area (Å²) < 4.78 is 12.9. The number of benzene rings is 1. The molecule has 1 aliphatic heterocycles. The monoisotopic (exact) mass is 236 g/mol. The molecule has 2 nitrogen and oxygen atoms in total. The second-order valence-corrected chi connectivity index (χ2v) is 5.08. The molecule has 2 rings (SSSR count). The maximum atomic E-state index is 12.9. The molecule has 0 aliphatic carbocycles.